The van der Waals surface area contributed by atoms with E-state index in [9.17, 15) is 4.79 Å². The molecule has 0 bridgehead atoms. The maximum atomic E-state index is 9.41. The maximum absolute atomic E-state index is 9.41. The van der Waals surface area contributed by atoms with Crippen molar-refractivity contribution in [2.45, 2.75) is 6.92 Å². The van der Waals surface area contributed by atoms with E-state index in [1.807, 2.05) is 0 Å². The molecule has 7 heavy (non-hydrogen) atoms. The van der Waals surface area contributed by atoms with Gasteiger partial charge in [0.2, 0.25) is 0 Å². The Morgan fingerprint density at radius 2 is 1.86 bits per heavy atom. The van der Waals surface area contributed by atoms with Gasteiger partial charge in [0.05, 0.1) is 0 Å². The first-order valence-corrected chi connectivity index (χ1v) is 1.40. The van der Waals surface area contributed by atoms with Gasteiger partial charge in [-0.1, -0.05) is 0 Å². The third-order valence-corrected chi connectivity index (χ3v) is 0.310. The fraction of sp³-hybridized carbons (Fsp3) is 0.333. The summed E-state index contributed by atoms with van der Waals surface area (Å²) in [6.07, 6.45) is -0.574. The summed E-state index contributed by atoms with van der Waals surface area (Å²) in [5.41, 5.74) is 0. The zero-order valence-corrected chi connectivity index (χ0v) is 7.40. The smallest absolute Gasteiger partial charge is 0.190 e. The molecule has 0 aliphatic carbocycles. The van der Waals surface area contributed by atoms with E-state index in [1.165, 1.54) is 0 Å². The van der Waals surface area contributed by atoms with Gasteiger partial charge in [0.1, 0.15) is 0 Å². The van der Waals surface area contributed by atoms with Crippen molar-refractivity contribution in [3.63, 3.8) is 0 Å². The first-order chi connectivity index (χ1) is 2.64. The maximum Gasteiger partial charge on any atom is 0.190 e. The molecule has 0 unspecified atom stereocenters. The zero-order chi connectivity index (χ0) is 5.15. The van der Waals surface area contributed by atoms with Crippen LogP contribution in [0.5, 0.6) is 0 Å². The van der Waals surface area contributed by atoms with Crippen molar-refractivity contribution >= 4 is 5.97 Å². The monoisotopic (exact) mass is 269 g/mol. The van der Waals surface area contributed by atoms with Gasteiger partial charge in [-0.15, -0.1) is 6.92 Å². The van der Waals surface area contributed by atoms with Crippen LogP contribution in [0.2, 0.25) is 0 Å². The quantitative estimate of drug-likeness (QED) is 0.519. The predicted molar refractivity (Wildman–Crippen MR) is 18.5 cm³/mol. The third-order valence-electron chi connectivity index (χ3n) is 0.310. The summed E-state index contributed by atoms with van der Waals surface area (Å²) >= 11 is 0. The molecule has 0 aliphatic rings. The molecule has 0 aromatic heterocycles. The van der Waals surface area contributed by atoms with E-state index in [-0.39, 0.29) is 25.8 Å². The van der Waals surface area contributed by atoms with Crippen molar-refractivity contribution in [2.24, 2.45) is 0 Å². The van der Waals surface area contributed by atoms with Crippen LogP contribution in [0.1, 0.15) is 6.92 Å². The van der Waals surface area contributed by atoms with Gasteiger partial charge >= 0.3 is 0 Å². The number of rotatable bonds is 1. The normalized spacial score (nSPS) is 6.57. The van der Waals surface area contributed by atoms with Gasteiger partial charge in [-0.25, -0.2) is 0 Å². The molecule has 0 atom stereocenters. The Morgan fingerprint density at radius 3 is 1.86 bits per heavy atom. The van der Waals surface area contributed by atoms with Gasteiger partial charge in [0, 0.05) is 25.8 Å². The van der Waals surface area contributed by atoms with Crippen molar-refractivity contribution in [1.82, 2.24) is 0 Å². The molecule has 0 aromatic carbocycles. The van der Waals surface area contributed by atoms with E-state index in [1.54, 1.807) is 0 Å². The Hall–Kier alpha value is 0.170. The van der Waals surface area contributed by atoms with Crippen LogP contribution in [0.3, 0.4) is 0 Å². The fourth-order valence-electron chi connectivity index (χ4n) is 0. The minimum Gasteiger partial charge on any atom is -0.534 e. The average molecular weight is 268 g/mol. The number of carboxylic acid groups (broad SMARTS) is 1. The SMILES string of the molecule is C[C-](O)C(=O)O.[Hf]. The van der Waals surface area contributed by atoms with Crippen LogP contribution in [0, 0.1) is 6.10 Å². The van der Waals surface area contributed by atoms with E-state index in [4.69, 9.17) is 10.2 Å². The van der Waals surface area contributed by atoms with Crippen molar-refractivity contribution in [1.29, 1.82) is 0 Å². The Labute approximate surface area is 60.1 Å². The summed E-state index contributed by atoms with van der Waals surface area (Å²) in [5, 5.41) is 15.7. The largest absolute Gasteiger partial charge is 0.534 e. The number of hydrogen-bond acceptors (Lipinski definition) is 2. The Kier molecular flexibility index (Phi) is 6.32. The minimum atomic E-state index is -1.27. The average Bonchev–Trinajstić information content (AvgIpc) is 1.36. The van der Waals surface area contributed by atoms with Crippen molar-refractivity contribution in [3.05, 3.63) is 6.10 Å². The molecule has 2 N–H and O–H groups in total. The molecule has 0 amide bonds. The van der Waals surface area contributed by atoms with Crippen LogP contribution in [-0.4, -0.2) is 16.2 Å². The molecule has 40 valence electrons. The van der Waals surface area contributed by atoms with Crippen molar-refractivity contribution in [3.8, 4) is 0 Å². The van der Waals surface area contributed by atoms with Gasteiger partial charge in [0.25, 0.3) is 0 Å². The van der Waals surface area contributed by atoms with Crippen LogP contribution in [0.4, 0.5) is 0 Å². The first kappa shape index (κ1) is 10.2. The van der Waals surface area contributed by atoms with Crippen LogP contribution >= 0.6 is 0 Å². The van der Waals surface area contributed by atoms with E-state index in [2.05, 4.69) is 0 Å². The summed E-state index contributed by atoms with van der Waals surface area (Å²) < 4.78 is 0. The number of aliphatic hydroxyl groups excluding tert-OH is 1. The molecule has 0 spiro atoms. The second kappa shape index (κ2) is 4.33. The Morgan fingerprint density at radius 1 is 1.71 bits per heavy atom. The van der Waals surface area contributed by atoms with E-state index >= 15 is 0 Å². The van der Waals surface area contributed by atoms with Gasteiger partial charge in [-0.3, -0.25) is 4.79 Å². The van der Waals surface area contributed by atoms with Crippen LogP contribution < -0.4 is 0 Å². The number of aliphatic hydroxyl groups is 1. The molecule has 0 fully saturated rings. The van der Waals surface area contributed by atoms with E-state index in [0.717, 1.165) is 6.92 Å². The number of carboxylic acids is 1. The Balaban J connectivity index is 0. The fourth-order valence-corrected chi connectivity index (χ4v) is 0. The number of hydrogen-bond donors (Lipinski definition) is 2. The van der Waals surface area contributed by atoms with Crippen molar-refractivity contribution in [2.75, 3.05) is 0 Å². The standard InChI is InChI=1S/C3H5O3.Hf/c1-2(4)3(5)6;/h4H,1H3,(H,5,6);/q-1;. The van der Waals surface area contributed by atoms with E-state index in [0.29, 0.717) is 0 Å². The summed E-state index contributed by atoms with van der Waals surface area (Å²) in [6, 6.07) is 0. The van der Waals surface area contributed by atoms with Crippen LogP contribution in [0.15, 0.2) is 0 Å². The van der Waals surface area contributed by atoms with Crippen LogP contribution in [-0.2, 0) is 30.6 Å². The summed E-state index contributed by atoms with van der Waals surface area (Å²) in [5.74, 6) is -1.27. The molecule has 3 nitrogen and oxygen atoms in total. The molecule has 0 aliphatic heterocycles. The molecule has 0 radical (unpaired) electrons. The van der Waals surface area contributed by atoms with E-state index < -0.39 is 12.1 Å². The molecule has 0 aromatic rings. The first-order valence-electron chi connectivity index (χ1n) is 1.40. The number of aliphatic carboxylic acids is 1. The molecule has 0 saturated heterocycles. The molecule has 4 heteroatoms. The van der Waals surface area contributed by atoms with Gasteiger partial charge < -0.3 is 10.2 Å². The minimum absolute atomic E-state index is 0. The molecule has 0 heterocycles. The predicted octanol–water partition coefficient (Wildman–Crippen LogP) is -0.00711. The van der Waals surface area contributed by atoms with Crippen LogP contribution in [0.25, 0.3) is 0 Å². The summed E-state index contributed by atoms with van der Waals surface area (Å²) in [4.78, 5) is 9.41. The second-order valence-corrected chi connectivity index (χ2v) is 0.891. The molecule has 0 rings (SSSR count). The van der Waals surface area contributed by atoms with Gasteiger partial charge in [-0.05, 0) is 0 Å². The third kappa shape index (κ3) is 6.17. The molecular formula is C3H5HfO3-. The molecule has 0 saturated carbocycles. The number of carbonyl (C=O) groups is 1. The second-order valence-electron chi connectivity index (χ2n) is 0.891. The zero-order valence-electron chi connectivity index (χ0n) is 3.80. The van der Waals surface area contributed by atoms with Crippen molar-refractivity contribution < 1.29 is 40.9 Å². The summed E-state index contributed by atoms with van der Waals surface area (Å²) in [6.45, 7) is 1.11. The summed E-state index contributed by atoms with van der Waals surface area (Å²) in [7, 11) is 0. The Bertz CT molecular complexity index is 61.2. The topological polar surface area (TPSA) is 57.5 Å². The molecular weight excluding hydrogens is 263 g/mol. The van der Waals surface area contributed by atoms with Gasteiger partial charge in [-0.2, -0.15) is 6.10 Å². The van der Waals surface area contributed by atoms with Gasteiger partial charge in [0.15, 0.2) is 5.97 Å².